The number of halogens is 2. The molecule has 0 aliphatic carbocycles. The van der Waals surface area contributed by atoms with E-state index >= 15 is 0 Å². The second-order valence-corrected chi connectivity index (χ2v) is 9.25. The molecule has 1 N–H and O–H groups in total. The van der Waals surface area contributed by atoms with E-state index in [1.165, 1.54) is 17.0 Å². The predicted molar refractivity (Wildman–Crippen MR) is 132 cm³/mol. The Balaban J connectivity index is 1.91. The van der Waals surface area contributed by atoms with Gasteiger partial charge in [-0.2, -0.15) is 0 Å². The van der Waals surface area contributed by atoms with Crippen molar-refractivity contribution in [1.29, 1.82) is 0 Å². The van der Waals surface area contributed by atoms with Crippen molar-refractivity contribution in [2.45, 2.75) is 39.4 Å². The Bertz CT molecular complexity index is 938. The molecule has 2 amide bonds. The molecule has 2 rings (SSSR count). The number of benzene rings is 2. The third-order valence-electron chi connectivity index (χ3n) is 4.72. The van der Waals surface area contributed by atoms with Crippen molar-refractivity contribution in [2.75, 3.05) is 38.5 Å². The molecule has 7 nitrogen and oxygen atoms in total. The number of hydrogen-bond acceptors (Lipinski definition) is 5. The number of carbonyl (C=O) groups excluding carboxylic acids is 2. The van der Waals surface area contributed by atoms with E-state index in [9.17, 15) is 14.0 Å². The van der Waals surface area contributed by atoms with Crippen LogP contribution < -0.4 is 5.32 Å². The van der Waals surface area contributed by atoms with Gasteiger partial charge < -0.3 is 24.6 Å². The van der Waals surface area contributed by atoms with Crippen molar-refractivity contribution in [2.24, 2.45) is 0 Å². The average Bonchev–Trinajstić information content (AvgIpc) is 2.78. The molecule has 0 fully saturated rings. The number of nitrogens with one attached hydrogen (secondary N) is 1. The molecular weight excluding hydrogens is 461 g/mol. The molecule has 0 aliphatic heterocycles. The minimum absolute atomic E-state index is 0.0225. The van der Waals surface area contributed by atoms with Gasteiger partial charge in [0.05, 0.1) is 5.02 Å². The molecule has 186 valence electrons. The summed E-state index contributed by atoms with van der Waals surface area (Å²) in [6, 6.07) is 13.8. The number of hydrogen-bond donors (Lipinski definition) is 1. The van der Waals surface area contributed by atoms with Crippen LogP contribution in [-0.4, -0.2) is 60.8 Å². The summed E-state index contributed by atoms with van der Waals surface area (Å²) in [5, 5.41) is 3.15. The van der Waals surface area contributed by atoms with Crippen LogP contribution in [0.5, 0.6) is 0 Å². The first-order valence-electron chi connectivity index (χ1n) is 11.1. The van der Waals surface area contributed by atoms with Gasteiger partial charge in [0, 0.05) is 38.9 Å². The van der Waals surface area contributed by atoms with Gasteiger partial charge in [-0.05, 0) is 51.0 Å². The SMILES string of the molecule is CN(CCCN(CCNc1ccc(F)c(Cl)c1)C(=O)OCc1ccccc1)C(=O)OC(C)(C)C. The number of carbonyl (C=O) groups is 2. The highest BCUT2D eigenvalue weighted by molar-refractivity contribution is 6.31. The molecule has 34 heavy (non-hydrogen) atoms. The van der Waals surface area contributed by atoms with E-state index in [0.717, 1.165) is 5.56 Å². The average molecular weight is 494 g/mol. The molecule has 0 unspecified atom stereocenters. The summed E-state index contributed by atoms with van der Waals surface area (Å²) in [5.74, 6) is -0.493. The molecule has 2 aromatic rings. The molecule has 0 saturated carbocycles. The fourth-order valence-electron chi connectivity index (χ4n) is 2.98. The monoisotopic (exact) mass is 493 g/mol. The van der Waals surface area contributed by atoms with Crippen LogP contribution in [0.2, 0.25) is 5.02 Å². The van der Waals surface area contributed by atoms with Gasteiger partial charge in [-0.3, -0.25) is 0 Å². The molecule has 2 aromatic carbocycles. The molecule has 0 radical (unpaired) electrons. The third kappa shape index (κ3) is 9.87. The van der Waals surface area contributed by atoms with E-state index in [1.54, 1.807) is 18.0 Å². The van der Waals surface area contributed by atoms with Crippen LogP contribution in [0, 0.1) is 5.82 Å². The molecule has 0 aliphatic rings. The fraction of sp³-hybridized carbons (Fsp3) is 0.440. The summed E-state index contributed by atoms with van der Waals surface area (Å²) in [6.07, 6.45) is -0.332. The van der Waals surface area contributed by atoms with Crippen molar-refractivity contribution in [3.05, 3.63) is 64.9 Å². The summed E-state index contributed by atoms with van der Waals surface area (Å²) in [4.78, 5) is 28.0. The van der Waals surface area contributed by atoms with Gasteiger partial charge in [-0.15, -0.1) is 0 Å². The highest BCUT2D eigenvalue weighted by atomic mass is 35.5. The van der Waals surface area contributed by atoms with Crippen LogP contribution in [0.1, 0.15) is 32.8 Å². The van der Waals surface area contributed by atoms with Gasteiger partial charge in [0.2, 0.25) is 0 Å². The summed E-state index contributed by atoms with van der Waals surface area (Å²) in [5.41, 5.74) is 0.960. The highest BCUT2D eigenvalue weighted by Gasteiger charge is 2.20. The maximum absolute atomic E-state index is 13.4. The minimum Gasteiger partial charge on any atom is -0.445 e. The van der Waals surface area contributed by atoms with Crippen molar-refractivity contribution in [3.8, 4) is 0 Å². The second-order valence-electron chi connectivity index (χ2n) is 8.84. The smallest absolute Gasteiger partial charge is 0.410 e. The van der Waals surface area contributed by atoms with E-state index in [2.05, 4.69) is 5.32 Å². The lowest BCUT2D eigenvalue weighted by molar-refractivity contribution is 0.0292. The Morgan fingerprint density at radius 1 is 1.03 bits per heavy atom. The number of rotatable bonds is 10. The Kier molecular flexibility index (Phi) is 10.4. The van der Waals surface area contributed by atoms with E-state index < -0.39 is 23.6 Å². The van der Waals surface area contributed by atoms with Crippen molar-refractivity contribution in [1.82, 2.24) is 9.80 Å². The van der Waals surface area contributed by atoms with Gasteiger partial charge >= 0.3 is 12.2 Å². The fourth-order valence-corrected chi connectivity index (χ4v) is 3.16. The minimum atomic E-state index is -0.576. The predicted octanol–water partition coefficient (Wildman–Crippen LogP) is 5.79. The number of anilines is 1. The Hall–Kier alpha value is -3.00. The van der Waals surface area contributed by atoms with E-state index in [1.807, 2.05) is 51.1 Å². The molecule has 0 atom stereocenters. The van der Waals surface area contributed by atoms with Crippen molar-refractivity contribution < 1.29 is 23.5 Å². The topological polar surface area (TPSA) is 71.1 Å². The van der Waals surface area contributed by atoms with Crippen LogP contribution in [0.4, 0.5) is 19.7 Å². The zero-order valence-corrected chi connectivity index (χ0v) is 20.9. The van der Waals surface area contributed by atoms with Gasteiger partial charge in [0.15, 0.2) is 0 Å². The molecule has 0 saturated heterocycles. The third-order valence-corrected chi connectivity index (χ3v) is 5.01. The zero-order valence-electron chi connectivity index (χ0n) is 20.1. The van der Waals surface area contributed by atoms with Gasteiger partial charge in [0.25, 0.3) is 0 Å². The zero-order chi connectivity index (χ0) is 25.1. The molecule has 0 bridgehead atoms. The molecule has 0 spiro atoms. The Labute approximate surface area is 205 Å². The van der Waals surface area contributed by atoms with Crippen LogP contribution in [0.25, 0.3) is 0 Å². The van der Waals surface area contributed by atoms with Crippen LogP contribution in [0.15, 0.2) is 48.5 Å². The Morgan fingerprint density at radius 2 is 1.74 bits per heavy atom. The quantitative estimate of drug-likeness (QED) is 0.453. The normalized spacial score (nSPS) is 11.0. The van der Waals surface area contributed by atoms with E-state index in [4.69, 9.17) is 21.1 Å². The van der Waals surface area contributed by atoms with E-state index in [-0.39, 0.29) is 11.6 Å². The van der Waals surface area contributed by atoms with Crippen LogP contribution >= 0.6 is 11.6 Å². The maximum Gasteiger partial charge on any atom is 0.410 e. The lowest BCUT2D eigenvalue weighted by Gasteiger charge is -2.26. The van der Waals surface area contributed by atoms with Crippen LogP contribution in [-0.2, 0) is 16.1 Å². The summed E-state index contributed by atoms with van der Waals surface area (Å²) in [7, 11) is 1.66. The summed E-state index contributed by atoms with van der Waals surface area (Å²) < 4.78 is 24.2. The van der Waals surface area contributed by atoms with Gasteiger partial charge in [-0.1, -0.05) is 41.9 Å². The van der Waals surface area contributed by atoms with Gasteiger partial charge in [-0.25, -0.2) is 14.0 Å². The first-order valence-corrected chi connectivity index (χ1v) is 11.5. The molecule has 0 heterocycles. The lowest BCUT2D eigenvalue weighted by Crippen LogP contribution is -2.39. The first kappa shape index (κ1) is 27.2. The van der Waals surface area contributed by atoms with Crippen molar-refractivity contribution >= 4 is 29.5 Å². The molecular formula is C25H33ClFN3O4. The van der Waals surface area contributed by atoms with Crippen molar-refractivity contribution in [3.63, 3.8) is 0 Å². The number of nitrogens with zero attached hydrogens (tertiary/aromatic N) is 2. The molecule has 0 aromatic heterocycles. The number of amides is 2. The Morgan fingerprint density at radius 3 is 2.38 bits per heavy atom. The maximum atomic E-state index is 13.4. The molecule has 9 heteroatoms. The summed E-state index contributed by atoms with van der Waals surface area (Å²) in [6.45, 7) is 7.14. The highest BCUT2D eigenvalue weighted by Crippen LogP contribution is 2.19. The number of ether oxygens (including phenoxy) is 2. The van der Waals surface area contributed by atoms with Gasteiger partial charge in [0.1, 0.15) is 18.0 Å². The van der Waals surface area contributed by atoms with Crippen LogP contribution in [0.3, 0.4) is 0 Å². The largest absolute Gasteiger partial charge is 0.445 e. The lowest BCUT2D eigenvalue weighted by atomic mass is 10.2. The van der Waals surface area contributed by atoms with E-state index in [0.29, 0.717) is 38.3 Å². The standard InChI is InChI=1S/C25H33ClFN3O4/c1-25(2,3)34-23(31)29(4)14-8-15-30(24(32)33-18-19-9-6-5-7-10-19)16-13-28-20-11-12-22(27)21(26)17-20/h5-7,9-12,17,28H,8,13-16,18H2,1-4H3. The second kappa shape index (κ2) is 13.0. The summed E-state index contributed by atoms with van der Waals surface area (Å²) >= 11 is 5.83. The first-order chi connectivity index (χ1) is 16.0.